The molecule has 0 radical (unpaired) electrons. The van der Waals surface area contributed by atoms with Gasteiger partial charge in [-0.1, -0.05) is 39.8 Å². The van der Waals surface area contributed by atoms with Gasteiger partial charge in [-0.05, 0) is 34.9 Å². The second-order valence-electron chi connectivity index (χ2n) is 5.26. The molecule has 1 aromatic carbocycles. The first-order chi connectivity index (χ1) is 7.50. The lowest BCUT2D eigenvalue weighted by molar-refractivity contribution is 0.754. The second-order valence-corrected chi connectivity index (χ2v) is 5.26. The summed E-state index contributed by atoms with van der Waals surface area (Å²) in [5, 5.41) is 1.36. The highest BCUT2D eigenvalue weighted by atomic mass is 14.9. The van der Waals surface area contributed by atoms with Gasteiger partial charge in [0.2, 0.25) is 0 Å². The Morgan fingerprint density at radius 1 is 0.938 bits per heavy atom. The summed E-state index contributed by atoms with van der Waals surface area (Å²) in [5.74, 6) is 1.18. The van der Waals surface area contributed by atoms with E-state index in [9.17, 15) is 0 Å². The Labute approximate surface area is 98.1 Å². The van der Waals surface area contributed by atoms with Gasteiger partial charge in [0.25, 0.3) is 0 Å². The van der Waals surface area contributed by atoms with Gasteiger partial charge in [0.05, 0.1) is 0 Å². The van der Waals surface area contributed by atoms with E-state index in [2.05, 4.69) is 63.6 Å². The molecule has 1 aromatic heterocycles. The van der Waals surface area contributed by atoms with E-state index in [4.69, 9.17) is 0 Å². The zero-order chi connectivity index (χ0) is 11.9. The average molecular weight is 215 g/mol. The number of benzene rings is 1. The summed E-state index contributed by atoms with van der Waals surface area (Å²) in [7, 11) is 2.17. The molecule has 2 aromatic rings. The predicted molar refractivity (Wildman–Crippen MR) is 71.1 cm³/mol. The van der Waals surface area contributed by atoms with Gasteiger partial charge >= 0.3 is 0 Å². The van der Waals surface area contributed by atoms with E-state index in [1.807, 2.05) is 0 Å². The molecule has 0 aliphatic carbocycles. The topological polar surface area (TPSA) is 4.93 Å². The Balaban J connectivity index is 2.64. The molecule has 1 heteroatoms. The van der Waals surface area contributed by atoms with Crippen LogP contribution in [0.4, 0.5) is 0 Å². The van der Waals surface area contributed by atoms with Gasteiger partial charge in [-0.15, -0.1) is 0 Å². The zero-order valence-corrected chi connectivity index (χ0v) is 10.9. The van der Waals surface area contributed by atoms with Crippen molar-refractivity contribution in [2.24, 2.45) is 7.05 Å². The normalized spacial score (nSPS) is 11.9. The Kier molecular flexibility index (Phi) is 2.79. The quantitative estimate of drug-likeness (QED) is 0.698. The maximum absolute atomic E-state index is 2.33. The third-order valence-electron chi connectivity index (χ3n) is 3.36. The minimum atomic E-state index is 0.583. The van der Waals surface area contributed by atoms with Crippen molar-refractivity contribution in [2.75, 3.05) is 0 Å². The van der Waals surface area contributed by atoms with Crippen LogP contribution in [0.1, 0.15) is 50.8 Å². The fourth-order valence-electron chi connectivity index (χ4n) is 2.28. The summed E-state index contributed by atoms with van der Waals surface area (Å²) in [6.07, 6.45) is 0. The molecule has 0 bridgehead atoms. The van der Waals surface area contributed by atoms with E-state index in [0.717, 1.165) is 0 Å². The third-order valence-corrected chi connectivity index (χ3v) is 3.36. The molecule has 1 heterocycles. The lowest BCUT2D eigenvalue weighted by Gasteiger charge is -2.08. The summed E-state index contributed by atoms with van der Waals surface area (Å²) < 4.78 is 2.33. The molecular formula is C15H21N. The van der Waals surface area contributed by atoms with Crippen molar-refractivity contribution >= 4 is 10.9 Å². The van der Waals surface area contributed by atoms with E-state index in [-0.39, 0.29) is 0 Å². The van der Waals surface area contributed by atoms with Crippen molar-refractivity contribution in [3.8, 4) is 0 Å². The van der Waals surface area contributed by atoms with Gasteiger partial charge in [-0.3, -0.25) is 0 Å². The Morgan fingerprint density at radius 2 is 1.62 bits per heavy atom. The highest BCUT2D eigenvalue weighted by Gasteiger charge is 2.09. The second kappa shape index (κ2) is 3.97. The largest absolute Gasteiger partial charge is 0.347 e. The number of hydrogen-bond donors (Lipinski definition) is 0. The van der Waals surface area contributed by atoms with E-state index in [0.29, 0.717) is 11.8 Å². The van der Waals surface area contributed by atoms with Crippen molar-refractivity contribution in [3.05, 3.63) is 35.5 Å². The molecule has 0 amide bonds. The molecular weight excluding hydrogens is 194 g/mol. The molecule has 2 rings (SSSR count). The first-order valence-corrected chi connectivity index (χ1v) is 6.10. The van der Waals surface area contributed by atoms with Crippen LogP contribution in [0, 0.1) is 0 Å². The van der Waals surface area contributed by atoms with Crippen LogP contribution in [-0.4, -0.2) is 4.57 Å². The summed E-state index contributed by atoms with van der Waals surface area (Å²) in [6.45, 7) is 8.98. The van der Waals surface area contributed by atoms with Crippen LogP contribution in [0.25, 0.3) is 10.9 Å². The van der Waals surface area contributed by atoms with Crippen LogP contribution in [0.15, 0.2) is 24.3 Å². The van der Waals surface area contributed by atoms with Crippen molar-refractivity contribution in [1.29, 1.82) is 0 Å². The molecule has 0 atom stereocenters. The lowest BCUT2D eigenvalue weighted by Crippen LogP contribution is -1.97. The fraction of sp³-hybridized carbons (Fsp3) is 0.467. The molecule has 0 fully saturated rings. The van der Waals surface area contributed by atoms with Crippen LogP contribution in [0.5, 0.6) is 0 Å². The Hall–Kier alpha value is -1.24. The fourth-order valence-corrected chi connectivity index (χ4v) is 2.28. The Morgan fingerprint density at radius 3 is 2.19 bits per heavy atom. The van der Waals surface area contributed by atoms with Gasteiger partial charge in [0, 0.05) is 18.3 Å². The first-order valence-electron chi connectivity index (χ1n) is 6.10. The molecule has 0 saturated carbocycles. The highest BCUT2D eigenvalue weighted by molar-refractivity contribution is 5.82. The zero-order valence-electron chi connectivity index (χ0n) is 10.9. The molecule has 1 nitrogen and oxygen atoms in total. The minimum Gasteiger partial charge on any atom is -0.347 e. The van der Waals surface area contributed by atoms with Crippen molar-refractivity contribution in [2.45, 2.75) is 39.5 Å². The number of aromatic nitrogens is 1. The molecule has 0 aliphatic rings. The van der Waals surface area contributed by atoms with Gasteiger partial charge in [0.1, 0.15) is 0 Å². The van der Waals surface area contributed by atoms with Gasteiger partial charge < -0.3 is 4.57 Å². The summed E-state index contributed by atoms with van der Waals surface area (Å²) >= 11 is 0. The number of aryl methyl sites for hydroxylation is 1. The first kappa shape index (κ1) is 11.3. The predicted octanol–water partition coefficient (Wildman–Crippen LogP) is 4.43. The molecule has 86 valence electrons. The van der Waals surface area contributed by atoms with Crippen LogP contribution in [0.3, 0.4) is 0 Å². The molecule has 0 aliphatic heterocycles. The molecule has 0 spiro atoms. The minimum absolute atomic E-state index is 0.583. The van der Waals surface area contributed by atoms with E-state index < -0.39 is 0 Å². The average Bonchev–Trinajstić information content (AvgIpc) is 2.56. The van der Waals surface area contributed by atoms with Crippen molar-refractivity contribution in [1.82, 2.24) is 4.57 Å². The lowest BCUT2D eigenvalue weighted by atomic mass is 10.0. The molecule has 16 heavy (non-hydrogen) atoms. The van der Waals surface area contributed by atoms with Crippen LogP contribution < -0.4 is 0 Å². The molecule has 0 saturated heterocycles. The number of hydrogen-bond acceptors (Lipinski definition) is 0. The number of nitrogens with zero attached hydrogens (tertiary/aromatic N) is 1. The van der Waals surface area contributed by atoms with Crippen LogP contribution >= 0.6 is 0 Å². The van der Waals surface area contributed by atoms with Crippen LogP contribution in [0.2, 0.25) is 0 Å². The Bertz CT molecular complexity index is 503. The summed E-state index contributed by atoms with van der Waals surface area (Å²) in [4.78, 5) is 0. The van der Waals surface area contributed by atoms with Crippen molar-refractivity contribution in [3.63, 3.8) is 0 Å². The van der Waals surface area contributed by atoms with Gasteiger partial charge in [0.15, 0.2) is 0 Å². The third kappa shape index (κ3) is 1.75. The standard InChI is InChI=1S/C15H21N/c1-10(2)12-6-7-13-9-14(11(3)4)16(5)15(13)8-12/h6-11H,1-5H3. The van der Waals surface area contributed by atoms with E-state index >= 15 is 0 Å². The maximum atomic E-state index is 2.33. The number of rotatable bonds is 2. The van der Waals surface area contributed by atoms with Crippen LogP contribution in [-0.2, 0) is 7.05 Å². The number of fused-ring (bicyclic) bond motifs is 1. The van der Waals surface area contributed by atoms with Gasteiger partial charge in [-0.25, -0.2) is 0 Å². The SMILES string of the molecule is CC(C)c1ccc2cc(C(C)C)n(C)c2c1. The summed E-state index contributed by atoms with van der Waals surface area (Å²) in [6, 6.07) is 9.13. The highest BCUT2D eigenvalue weighted by Crippen LogP contribution is 2.27. The van der Waals surface area contributed by atoms with Gasteiger partial charge in [-0.2, -0.15) is 0 Å². The molecule has 0 unspecified atom stereocenters. The van der Waals surface area contributed by atoms with Crippen molar-refractivity contribution < 1.29 is 0 Å². The van der Waals surface area contributed by atoms with E-state index in [1.54, 1.807) is 0 Å². The monoisotopic (exact) mass is 215 g/mol. The summed E-state index contributed by atoms with van der Waals surface area (Å²) in [5.41, 5.74) is 4.19. The smallest absolute Gasteiger partial charge is 0.0482 e. The van der Waals surface area contributed by atoms with E-state index in [1.165, 1.54) is 22.2 Å². The molecule has 0 N–H and O–H groups in total. The maximum Gasteiger partial charge on any atom is 0.0482 e.